The van der Waals surface area contributed by atoms with E-state index in [9.17, 15) is 4.79 Å². The number of likely N-dealkylation sites (tertiary alicyclic amines) is 1. The van der Waals surface area contributed by atoms with Crippen LogP contribution in [0.25, 0.3) is 0 Å². The van der Waals surface area contributed by atoms with Crippen LogP contribution in [0.15, 0.2) is 60.7 Å². The molecule has 1 saturated heterocycles. The summed E-state index contributed by atoms with van der Waals surface area (Å²) in [5.41, 5.74) is 2.68. The van der Waals surface area contributed by atoms with Crippen molar-refractivity contribution in [2.45, 2.75) is 25.3 Å². The molecule has 0 radical (unpaired) electrons. The molecule has 0 bridgehead atoms. The first kappa shape index (κ1) is 16.7. The molecule has 24 heavy (non-hydrogen) atoms. The Morgan fingerprint density at radius 3 is 1.96 bits per heavy atom. The molecule has 1 fully saturated rings. The number of benzene rings is 2. The molecule has 1 aliphatic rings. The van der Waals surface area contributed by atoms with Gasteiger partial charge in [0.15, 0.2) is 0 Å². The normalized spacial score (nSPS) is 16.2. The van der Waals surface area contributed by atoms with Gasteiger partial charge in [-0.25, -0.2) is 0 Å². The van der Waals surface area contributed by atoms with Crippen molar-refractivity contribution < 1.29 is 4.79 Å². The van der Waals surface area contributed by atoms with Crippen LogP contribution in [-0.4, -0.2) is 30.9 Å². The Labute approximate surface area is 144 Å². The predicted molar refractivity (Wildman–Crippen MR) is 97.7 cm³/mol. The monoisotopic (exact) mass is 322 g/mol. The molecule has 1 N–H and O–H groups in total. The molecule has 2 aromatic carbocycles. The lowest BCUT2D eigenvalue weighted by Gasteiger charge is -2.38. The minimum Gasteiger partial charge on any atom is -0.359 e. The first-order valence-electron chi connectivity index (χ1n) is 8.82. The maximum absolute atomic E-state index is 11.6. The van der Waals surface area contributed by atoms with Crippen molar-refractivity contribution >= 4 is 5.91 Å². The van der Waals surface area contributed by atoms with Crippen LogP contribution in [0.5, 0.6) is 0 Å². The van der Waals surface area contributed by atoms with Crippen LogP contribution in [0.1, 0.15) is 36.4 Å². The quantitative estimate of drug-likeness (QED) is 0.912. The molecular formula is C21H26N2O. The van der Waals surface area contributed by atoms with Gasteiger partial charge in [0, 0.05) is 13.5 Å². The fourth-order valence-electron chi connectivity index (χ4n) is 3.66. The molecule has 1 heterocycles. The highest BCUT2D eigenvalue weighted by atomic mass is 16.1. The van der Waals surface area contributed by atoms with Gasteiger partial charge < -0.3 is 5.32 Å². The van der Waals surface area contributed by atoms with Gasteiger partial charge in [0.2, 0.25) is 5.91 Å². The third-order valence-electron chi connectivity index (χ3n) is 5.00. The first-order chi connectivity index (χ1) is 11.8. The van der Waals surface area contributed by atoms with E-state index < -0.39 is 0 Å². The van der Waals surface area contributed by atoms with E-state index in [0.29, 0.717) is 18.4 Å². The lowest BCUT2D eigenvalue weighted by atomic mass is 9.89. The zero-order valence-electron chi connectivity index (χ0n) is 14.3. The van der Waals surface area contributed by atoms with E-state index in [2.05, 4.69) is 70.9 Å². The van der Waals surface area contributed by atoms with Crippen LogP contribution < -0.4 is 5.32 Å². The van der Waals surface area contributed by atoms with Crippen molar-refractivity contribution in [2.75, 3.05) is 20.1 Å². The number of nitrogens with one attached hydrogen (secondary N) is 1. The SMILES string of the molecule is CNC(=O)CC1CCN(C(c2ccccc2)c2ccccc2)CC1. The van der Waals surface area contributed by atoms with Gasteiger partial charge in [-0.3, -0.25) is 9.69 Å². The number of hydrogen-bond donors (Lipinski definition) is 1. The van der Waals surface area contributed by atoms with E-state index in [1.165, 1.54) is 11.1 Å². The molecule has 126 valence electrons. The van der Waals surface area contributed by atoms with Gasteiger partial charge in [-0.2, -0.15) is 0 Å². The van der Waals surface area contributed by atoms with E-state index in [1.807, 2.05) is 0 Å². The van der Waals surface area contributed by atoms with Gasteiger partial charge in [0.25, 0.3) is 0 Å². The average Bonchev–Trinajstić information content (AvgIpc) is 2.65. The summed E-state index contributed by atoms with van der Waals surface area (Å²) in [4.78, 5) is 14.2. The first-order valence-corrected chi connectivity index (χ1v) is 8.82. The van der Waals surface area contributed by atoms with Crippen LogP contribution >= 0.6 is 0 Å². The largest absolute Gasteiger partial charge is 0.359 e. The number of carbonyl (C=O) groups is 1. The molecule has 0 saturated carbocycles. The van der Waals surface area contributed by atoms with E-state index in [-0.39, 0.29) is 5.91 Å². The number of nitrogens with zero attached hydrogens (tertiary/aromatic N) is 1. The van der Waals surface area contributed by atoms with Gasteiger partial charge in [0.1, 0.15) is 0 Å². The van der Waals surface area contributed by atoms with Crippen molar-refractivity contribution in [3.8, 4) is 0 Å². The van der Waals surface area contributed by atoms with Crippen molar-refractivity contribution in [3.63, 3.8) is 0 Å². The summed E-state index contributed by atoms with van der Waals surface area (Å²) in [5.74, 6) is 0.671. The molecule has 3 rings (SSSR count). The number of carbonyl (C=O) groups excluding carboxylic acids is 1. The minimum absolute atomic E-state index is 0.163. The lowest BCUT2D eigenvalue weighted by Crippen LogP contribution is -2.38. The molecule has 0 unspecified atom stereocenters. The highest BCUT2D eigenvalue weighted by molar-refractivity contribution is 5.75. The topological polar surface area (TPSA) is 32.3 Å². The van der Waals surface area contributed by atoms with Crippen LogP contribution in [0.3, 0.4) is 0 Å². The maximum atomic E-state index is 11.6. The van der Waals surface area contributed by atoms with Crippen LogP contribution in [-0.2, 0) is 4.79 Å². The van der Waals surface area contributed by atoms with E-state index in [0.717, 1.165) is 25.9 Å². The van der Waals surface area contributed by atoms with Gasteiger partial charge in [-0.1, -0.05) is 60.7 Å². The number of rotatable bonds is 5. The molecule has 3 nitrogen and oxygen atoms in total. The maximum Gasteiger partial charge on any atom is 0.220 e. The third kappa shape index (κ3) is 4.04. The standard InChI is InChI=1S/C21H26N2O/c1-22-20(24)16-17-12-14-23(15-13-17)21(18-8-4-2-5-9-18)19-10-6-3-7-11-19/h2-11,17,21H,12-16H2,1H3,(H,22,24). The molecule has 0 atom stereocenters. The zero-order valence-corrected chi connectivity index (χ0v) is 14.3. The summed E-state index contributed by atoms with van der Waals surface area (Å²) in [6.45, 7) is 2.08. The van der Waals surface area contributed by atoms with Gasteiger partial charge in [-0.05, 0) is 43.0 Å². The summed E-state index contributed by atoms with van der Waals surface area (Å²) < 4.78 is 0. The second-order valence-corrected chi connectivity index (χ2v) is 6.58. The predicted octanol–water partition coefficient (Wildman–Crippen LogP) is 3.62. The summed E-state index contributed by atoms with van der Waals surface area (Å²) in [6.07, 6.45) is 2.83. The Balaban J connectivity index is 1.75. The Hall–Kier alpha value is -2.13. The Morgan fingerprint density at radius 2 is 1.50 bits per heavy atom. The summed E-state index contributed by atoms with van der Waals surface area (Å²) in [6, 6.07) is 21.8. The van der Waals surface area contributed by atoms with E-state index in [1.54, 1.807) is 7.05 Å². The third-order valence-corrected chi connectivity index (χ3v) is 5.00. The summed E-state index contributed by atoms with van der Waals surface area (Å²) in [7, 11) is 1.72. The smallest absolute Gasteiger partial charge is 0.220 e. The van der Waals surface area contributed by atoms with Crippen LogP contribution in [0.4, 0.5) is 0 Å². The molecule has 0 spiro atoms. The lowest BCUT2D eigenvalue weighted by molar-refractivity contribution is -0.121. The summed E-state index contributed by atoms with van der Waals surface area (Å²) >= 11 is 0. The Morgan fingerprint density at radius 1 is 1.00 bits per heavy atom. The van der Waals surface area contributed by atoms with Crippen molar-refractivity contribution in [2.24, 2.45) is 5.92 Å². The van der Waals surface area contributed by atoms with Crippen molar-refractivity contribution in [1.29, 1.82) is 0 Å². The number of piperidine rings is 1. The second kappa shape index (κ2) is 8.11. The number of hydrogen-bond acceptors (Lipinski definition) is 2. The zero-order chi connectivity index (χ0) is 16.8. The fourth-order valence-corrected chi connectivity index (χ4v) is 3.66. The molecular weight excluding hydrogens is 296 g/mol. The van der Waals surface area contributed by atoms with E-state index in [4.69, 9.17) is 0 Å². The molecule has 1 amide bonds. The highest BCUT2D eigenvalue weighted by Crippen LogP contribution is 2.32. The van der Waals surface area contributed by atoms with Crippen molar-refractivity contribution in [1.82, 2.24) is 10.2 Å². The molecule has 3 heteroatoms. The van der Waals surface area contributed by atoms with Crippen LogP contribution in [0, 0.1) is 5.92 Å². The molecule has 0 aromatic heterocycles. The van der Waals surface area contributed by atoms with Gasteiger partial charge in [-0.15, -0.1) is 0 Å². The molecule has 0 aliphatic carbocycles. The van der Waals surface area contributed by atoms with Crippen LogP contribution in [0.2, 0.25) is 0 Å². The number of amides is 1. The van der Waals surface area contributed by atoms with E-state index >= 15 is 0 Å². The molecule has 2 aromatic rings. The second-order valence-electron chi connectivity index (χ2n) is 6.58. The average molecular weight is 322 g/mol. The van der Waals surface area contributed by atoms with Gasteiger partial charge in [0.05, 0.1) is 6.04 Å². The highest BCUT2D eigenvalue weighted by Gasteiger charge is 2.27. The van der Waals surface area contributed by atoms with Gasteiger partial charge >= 0.3 is 0 Å². The summed E-state index contributed by atoms with van der Waals surface area (Å²) in [5, 5.41) is 2.75. The minimum atomic E-state index is 0.163. The fraction of sp³-hybridized carbons (Fsp3) is 0.381. The van der Waals surface area contributed by atoms with Crippen molar-refractivity contribution in [3.05, 3.63) is 71.8 Å². The molecule has 1 aliphatic heterocycles. The Kier molecular flexibility index (Phi) is 5.65. The Bertz CT molecular complexity index is 594.